The monoisotopic (exact) mass is 396 g/mol. The van der Waals surface area contributed by atoms with Crippen LogP contribution in [-0.4, -0.2) is 30.0 Å². The zero-order chi connectivity index (χ0) is 20.1. The number of hydrogen-bond acceptors (Lipinski definition) is 6. The SMILES string of the molecule is COC(=O)c1ccc(O[C@H](C)C(=O)Nc2ccc(F)c(Cl)c2)c([N+](=O)[O-])c1. The maximum atomic E-state index is 13.2. The number of methoxy groups -OCH3 is 1. The van der Waals surface area contributed by atoms with Crippen LogP contribution < -0.4 is 10.1 Å². The number of benzene rings is 2. The Morgan fingerprint density at radius 1 is 1.26 bits per heavy atom. The van der Waals surface area contributed by atoms with Gasteiger partial charge in [-0.2, -0.15) is 0 Å². The van der Waals surface area contributed by atoms with Crippen molar-refractivity contribution in [1.82, 2.24) is 0 Å². The number of carbonyl (C=O) groups excluding carboxylic acids is 2. The molecule has 0 spiro atoms. The van der Waals surface area contributed by atoms with Gasteiger partial charge in [0, 0.05) is 11.8 Å². The van der Waals surface area contributed by atoms with Gasteiger partial charge in [-0.1, -0.05) is 11.6 Å². The number of amides is 1. The zero-order valence-electron chi connectivity index (χ0n) is 14.2. The Kier molecular flexibility index (Phi) is 6.30. The van der Waals surface area contributed by atoms with Crippen molar-refractivity contribution in [3.8, 4) is 5.75 Å². The number of carbonyl (C=O) groups is 2. The highest BCUT2D eigenvalue weighted by Gasteiger charge is 2.23. The fourth-order valence-electron chi connectivity index (χ4n) is 2.07. The first-order chi connectivity index (χ1) is 12.7. The van der Waals surface area contributed by atoms with Crippen molar-refractivity contribution in [3.05, 3.63) is 62.9 Å². The third kappa shape index (κ3) is 4.91. The molecular weight excluding hydrogens is 383 g/mol. The predicted molar refractivity (Wildman–Crippen MR) is 94.6 cm³/mol. The highest BCUT2D eigenvalue weighted by molar-refractivity contribution is 6.31. The molecule has 0 aliphatic carbocycles. The number of anilines is 1. The van der Waals surface area contributed by atoms with E-state index in [1.54, 1.807) is 0 Å². The van der Waals surface area contributed by atoms with E-state index in [0.29, 0.717) is 0 Å². The van der Waals surface area contributed by atoms with Crippen molar-refractivity contribution in [1.29, 1.82) is 0 Å². The van der Waals surface area contributed by atoms with Crippen LogP contribution in [0.25, 0.3) is 0 Å². The highest BCUT2D eigenvalue weighted by Crippen LogP contribution is 2.29. The van der Waals surface area contributed by atoms with Crippen molar-refractivity contribution in [2.24, 2.45) is 0 Å². The summed E-state index contributed by atoms with van der Waals surface area (Å²) < 4.78 is 23.0. The summed E-state index contributed by atoms with van der Waals surface area (Å²) in [6, 6.07) is 7.07. The Balaban J connectivity index is 2.17. The van der Waals surface area contributed by atoms with Crippen LogP contribution in [0.1, 0.15) is 17.3 Å². The summed E-state index contributed by atoms with van der Waals surface area (Å²) >= 11 is 5.64. The van der Waals surface area contributed by atoms with Gasteiger partial charge in [0.2, 0.25) is 0 Å². The first kappa shape index (κ1) is 20.1. The van der Waals surface area contributed by atoms with Crippen molar-refractivity contribution < 1.29 is 28.4 Å². The van der Waals surface area contributed by atoms with Gasteiger partial charge < -0.3 is 14.8 Å². The first-order valence-corrected chi connectivity index (χ1v) is 7.90. The summed E-state index contributed by atoms with van der Waals surface area (Å²) in [4.78, 5) is 34.2. The zero-order valence-corrected chi connectivity index (χ0v) is 15.0. The minimum atomic E-state index is -1.13. The molecule has 142 valence electrons. The Morgan fingerprint density at radius 3 is 2.56 bits per heavy atom. The van der Waals surface area contributed by atoms with Crippen LogP contribution >= 0.6 is 11.6 Å². The molecule has 27 heavy (non-hydrogen) atoms. The average molecular weight is 397 g/mol. The number of nitro groups is 1. The number of nitrogens with one attached hydrogen (secondary N) is 1. The molecule has 0 aliphatic heterocycles. The molecule has 0 heterocycles. The summed E-state index contributed by atoms with van der Waals surface area (Å²) in [5.41, 5.74) is -0.297. The molecule has 0 radical (unpaired) electrons. The second kappa shape index (κ2) is 8.45. The lowest BCUT2D eigenvalue weighted by atomic mass is 10.2. The number of hydrogen-bond donors (Lipinski definition) is 1. The van der Waals surface area contributed by atoms with Crippen LogP contribution in [0.4, 0.5) is 15.8 Å². The summed E-state index contributed by atoms with van der Waals surface area (Å²) in [5.74, 6) is -2.22. The van der Waals surface area contributed by atoms with E-state index < -0.39 is 34.4 Å². The van der Waals surface area contributed by atoms with Gasteiger partial charge in [-0.15, -0.1) is 0 Å². The van der Waals surface area contributed by atoms with Crippen LogP contribution in [-0.2, 0) is 9.53 Å². The Hall–Kier alpha value is -3.20. The Labute approximate surface area is 158 Å². The molecule has 2 rings (SSSR count). The molecule has 1 amide bonds. The minimum absolute atomic E-state index is 0.0328. The van der Waals surface area contributed by atoms with Crippen molar-refractivity contribution in [2.45, 2.75) is 13.0 Å². The normalized spacial score (nSPS) is 11.4. The van der Waals surface area contributed by atoms with Crippen LogP contribution in [0.15, 0.2) is 36.4 Å². The molecule has 0 fully saturated rings. The molecule has 1 N–H and O–H groups in total. The third-order valence-corrected chi connectivity index (χ3v) is 3.73. The number of nitrogens with zero attached hydrogens (tertiary/aromatic N) is 1. The lowest BCUT2D eigenvalue weighted by Gasteiger charge is -2.15. The van der Waals surface area contributed by atoms with Crippen molar-refractivity contribution >= 4 is 34.9 Å². The summed E-state index contributed by atoms with van der Waals surface area (Å²) in [6.45, 7) is 1.37. The largest absolute Gasteiger partial charge is 0.474 e. The topological polar surface area (TPSA) is 108 Å². The summed E-state index contributed by atoms with van der Waals surface area (Å²) in [6.07, 6.45) is -1.13. The number of halogens is 2. The number of nitro benzene ring substituents is 1. The molecular formula is C17H14ClFN2O6. The second-order valence-electron chi connectivity index (χ2n) is 5.31. The molecule has 0 aromatic heterocycles. The molecule has 0 saturated heterocycles. The summed E-state index contributed by atoms with van der Waals surface area (Å²) in [5, 5.41) is 13.5. The lowest BCUT2D eigenvalue weighted by Crippen LogP contribution is -2.30. The van der Waals surface area contributed by atoms with E-state index in [0.717, 1.165) is 19.2 Å². The van der Waals surface area contributed by atoms with Gasteiger partial charge in [-0.05, 0) is 37.3 Å². The van der Waals surface area contributed by atoms with Crippen LogP contribution in [0.2, 0.25) is 5.02 Å². The van der Waals surface area contributed by atoms with Crippen molar-refractivity contribution in [2.75, 3.05) is 12.4 Å². The minimum Gasteiger partial charge on any atom is -0.474 e. The quantitative estimate of drug-likeness (QED) is 0.454. The second-order valence-corrected chi connectivity index (χ2v) is 5.72. The van der Waals surface area contributed by atoms with Crippen LogP contribution in [0.5, 0.6) is 5.75 Å². The fourth-order valence-corrected chi connectivity index (χ4v) is 2.25. The molecule has 0 bridgehead atoms. The van der Waals surface area contributed by atoms with Crippen LogP contribution in [0.3, 0.4) is 0 Å². The van der Waals surface area contributed by atoms with E-state index in [-0.39, 0.29) is 22.0 Å². The Bertz CT molecular complexity index is 905. The van der Waals surface area contributed by atoms with Gasteiger partial charge >= 0.3 is 11.7 Å². The van der Waals surface area contributed by atoms with E-state index in [1.807, 2.05) is 0 Å². The number of ether oxygens (including phenoxy) is 2. The maximum absolute atomic E-state index is 13.2. The van der Waals surface area contributed by atoms with E-state index in [9.17, 15) is 24.1 Å². The number of esters is 1. The third-order valence-electron chi connectivity index (χ3n) is 3.44. The predicted octanol–water partition coefficient (Wildman–Crippen LogP) is 3.58. The van der Waals surface area contributed by atoms with Crippen molar-refractivity contribution in [3.63, 3.8) is 0 Å². The molecule has 10 heteroatoms. The lowest BCUT2D eigenvalue weighted by molar-refractivity contribution is -0.386. The average Bonchev–Trinajstić information content (AvgIpc) is 2.64. The standard InChI is InChI=1S/C17H14ClFN2O6/c1-9(16(22)20-11-4-5-13(19)12(18)8-11)27-15-6-3-10(17(23)26-2)7-14(15)21(24)25/h3-9H,1-2H3,(H,20,22)/t9-/m1/s1. The first-order valence-electron chi connectivity index (χ1n) is 7.52. The van der Waals surface area contributed by atoms with E-state index in [2.05, 4.69) is 10.1 Å². The van der Waals surface area contributed by atoms with Gasteiger partial charge in [0.25, 0.3) is 5.91 Å². The molecule has 0 unspecified atom stereocenters. The molecule has 1 atom stereocenters. The highest BCUT2D eigenvalue weighted by atomic mass is 35.5. The Morgan fingerprint density at radius 2 is 1.96 bits per heavy atom. The molecule has 2 aromatic rings. The van der Waals surface area contributed by atoms with Gasteiger partial charge in [0.05, 0.1) is 22.6 Å². The maximum Gasteiger partial charge on any atom is 0.338 e. The van der Waals surface area contributed by atoms with Gasteiger partial charge in [-0.3, -0.25) is 14.9 Å². The van der Waals surface area contributed by atoms with E-state index in [4.69, 9.17) is 16.3 Å². The summed E-state index contributed by atoms with van der Waals surface area (Å²) in [7, 11) is 1.15. The molecule has 0 saturated carbocycles. The molecule has 0 aliphatic rings. The van der Waals surface area contributed by atoms with Crippen LogP contribution in [0, 0.1) is 15.9 Å². The van der Waals surface area contributed by atoms with Gasteiger partial charge in [0.1, 0.15) is 5.82 Å². The van der Waals surface area contributed by atoms with E-state index >= 15 is 0 Å². The molecule has 8 nitrogen and oxygen atoms in total. The fraction of sp³-hybridized carbons (Fsp3) is 0.176. The van der Waals surface area contributed by atoms with E-state index in [1.165, 1.54) is 31.2 Å². The van der Waals surface area contributed by atoms with Gasteiger partial charge in [0.15, 0.2) is 11.9 Å². The molecule has 2 aromatic carbocycles. The number of rotatable bonds is 6. The smallest absolute Gasteiger partial charge is 0.338 e. The van der Waals surface area contributed by atoms with Gasteiger partial charge in [-0.25, -0.2) is 9.18 Å².